The van der Waals surface area contributed by atoms with Crippen molar-refractivity contribution in [3.8, 4) is 0 Å². The Balaban J connectivity index is 2.17. The van der Waals surface area contributed by atoms with Crippen LogP contribution in [0, 0.1) is 11.2 Å². The van der Waals surface area contributed by atoms with Crippen molar-refractivity contribution in [1.82, 2.24) is 0 Å². The molecule has 0 radical (unpaired) electrons. The first-order valence-corrected chi connectivity index (χ1v) is 7.54. The molecule has 2 N–H and O–H groups in total. The van der Waals surface area contributed by atoms with Crippen molar-refractivity contribution in [3.05, 3.63) is 34.1 Å². The lowest BCUT2D eigenvalue weighted by Crippen LogP contribution is -2.41. The van der Waals surface area contributed by atoms with Gasteiger partial charge in [-0.2, -0.15) is 0 Å². The molecule has 0 atom stereocenters. The highest BCUT2D eigenvalue weighted by atomic mass is 79.9. The summed E-state index contributed by atoms with van der Waals surface area (Å²) in [5.74, 6) is -0.230. The number of carbonyl (C=O) groups excluding carboxylic acids is 1. The normalized spacial score (nSPS) is 18.3. The van der Waals surface area contributed by atoms with E-state index in [0.717, 1.165) is 30.2 Å². The van der Waals surface area contributed by atoms with E-state index in [4.69, 9.17) is 5.73 Å². The van der Waals surface area contributed by atoms with Crippen molar-refractivity contribution in [2.45, 2.75) is 38.5 Å². The van der Waals surface area contributed by atoms with Gasteiger partial charge in [0.15, 0.2) is 0 Å². The number of Topliss-reactive ketones (excluding diaryl/α,β-unsaturated/α-hetero) is 1. The third-order valence-electron chi connectivity index (χ3n) is 4.15. The van der Waals surface area contributed by atoms with E-state index in [1.807, 2.05) is 0 Å². The highest BCUT2D eigenvalue weighted by molar-refractivity contribution is 9.10. The summed E-state index contributed by atoms with van der Waals surface area (Å²) in [7, 11) is 0. The average Bonchev–Trinajstić information content (AvgIpc) is 2.43. The van der Waals surface area contributed by atoms with Crippen molar-refractivity contribution in [3.63, 3.8) is 0 Å². The van der Waals surface area contributed by atoms with Gasteiger partial charge in [-0.1, -0.05) is 35.2 Å². The van der Waals surface area contributed by atoms with Crippen LogP contribution in [0.5, 0.6) is 0 Å². The van der Waals surface area contributed by atoms with Gasteiger partial charge in [0.2, 0.25) is 0 Å². The monoisotopic (exact) mass is 327 g/mol. The van der Waals surface area contributed by atoms with Gasteiger partial charge in [-0.25, -0.2) is 4.39 Å². The van der Waals surface area contributed by atoms with Gasteiger partial charge in [0.25, 0.3) is 0 Å². The zero-order valence-corrected chi connectivity index (χ0v) is 12.5. The molecular formula is C15H19BrFNO. The fourth-order valence-corrected chi connectivity index (χ4v) is 3.27. The minimum atomic E-state index is -0.424. The number of carbonyl (C=O) groups is 1. The molecule has 104 valence electrons. The molecule has 1 aliphatic rings. The average molecular weight is 328 g/mol. The van der Waals surface area contributed by atoms with Crippen molar-refractivity contribution >= 4 is 21.7 Å². The Bertz CT molecular complexity index is 469. The molecule has 1 saturated carbocycles. The van der Waals surface area contributed by atoms with Crippen molar-refractivity contribution in [2.75, 3.05) is 6.54 Å². The Hall–Kier alpha value is -0.740. The lowest BCUT2D eigenvalue weighted by molar-refractivity contribution is -0.129. The smallest absolute Gasteiger partial charge is 0.144 e. The van der Waals surface area contributed by atoms with Crippen LogP contribution in [0.15, 0.2) is 22.7 Å². The maximum absolute atomic E-state index is 13.7. The van der Waals surface area contributed by atoms with E-state index in [2.05, 4.69) is 15.9 Å². The first-order valence-electron chi connectivity index (χ1n) is 6.75. The van der Waals surface area contributed by atoms with Crippen LogP contribution >= 0.6 is 15.9 Å². The van der Waals surface area contributed by atoms with Crippen LogP contribution < -0.4 is 5.73 Å². The molecule has 0 aliphatic heterocycles. The second-order valence-corrected chi connectivity index (χ2v) is 6.30. The van der Waals surface area contributed by atoms with E-state index < -0.39 is 5.41 Å². The third-order valence-corrected chi connectivity index (χ3v) is 4.64. The zero-order valence-electron chi connectivity index (χ0n) is 10.9. The number of halogens is 2. The summed E-state index contributed by atoms with van der Waals surface area (Å²) in [5, 5.41) is 0. The summed E-state index contributed by atoms with van der Waals surface area (Å²) in [6, 6.07) is 4.71. The van der Waals surface area contributed by atoms with Crippen LogP contribution in [0.25, 0.3) is 0 Å². The molecule has 2 rings (SSSR count). The molecule has 0 bridgehead atoms. The molecule has 2 nitrogen and oxygen atoms in total. The minimum Gasteiger partial charge on any atom is -0.329 e. The van der Waals surface area contributed by atoms with Gasteiger partial charge in [-0.05, 0) is 36.6 Å². The van der Waals surface area contributed by atoms with Gasteiger partial charge in [-0.15, -0.1) is 0 Å². The number of hydrogen-bond donors (Lipinski definition) is 1. The number of nitrogens with two attached hydrogens (primary N) is 1. The molecule has 19 heavy (non-hydrogen) atoms. The number of rotatable bonds is 4. The van der Waals surface area contributed by atoms with Gasteiger partial charge in [0, 0.05) is 22.9 Å². The Morgan fingerprint density at radius 3 is 2.63 bits per heavy atom. The van der Waals surface area contributed by atoms with Crippen LogP contribution in [-0.4, -0.2) is 12.3 Å². The Kier molecular flexibility index (Phi) is 4.74. The van der Waals surface area contributed by atoms with E-state index in [9.17, 15) is 9.18 Å². The molecule has 1 aliphatic carbocycles. The molecule has 0 aromatic heterocycles. The largest absolute Gasteiger partial charge is 0.329 e. The van der Waals surface area contributed by atoms with Crippen molar-refractivity contribution in [2.24, 2.45) is 11.1 Å². The highest BCUT2D eigenvalue weighted by Crippen LogP contribution is 2.37. The van der Waals surface area contributed by atoms with Gasteiger partial charge in [-0.3, -0.25) is 4.79 Å². The quantitative estimate of drug-likeness (QED) is 0.917. The number of hydrogen-bond acceptors (Lipinski definition) is 2. The van der Waals surface area contributed by atoms with Crippen LogP contribution in [0.4, 0.5) is 4.39 Å². The molecule has 1 aromatic rings. The molecular weight excluding hydrogens is 309 g/mol. The summed E-state index contributed by atoms with van der Waals surface area (Å²) in [6.07, 6.45) is 5.09. The maximum Gasteiger partial charge on any atom is 0.144 e. The van der Waals surface area contributed by atoms with Gasteiger partial charge in [0.1, 0.15) is 11.6 Å². The Morgan fingerprint density at radius 2 is 2.00 bits per heavy atom. The summed E-state index contributed by atoms with van der Waals surface area (Å²) in [4.78, 5) is 12.5. The number of ketones is 1. The molecule has 1 aromatic carbocycles. The van der Waals surface area contributed by atoms with E-state index >= 15 is 0 Å². The third kappa shape index (κ3) is 3.23. The molecule has 0 spiro atoms. The van der Waals surface area contributed by atoms with Crippen molar-refractivity contribution < 1.29 is 9.18 Å². The van der Waals surface area contributed by atoms with Crippen molar-refractivity contribution in [1.29, 1.82) is 0 Å². The van der Waals surface area contributed by atoms with E-state index in [1.54, 1.807) is 12.1 Å². The topological polar surface area (TPSA) is 43.1 Å². The van der Waals surface area contributed by atoms with Gasteiger partial charge in [0.05, 0.1) is 0 Å². The SMILES string of the molecule is NCC1(C(=O)Cc2cc(Br)ccc2F)CCCCC1. The first-order chi connectivity index (χ1) is 9.07. The summed E-state index contributed by atoms with van der Waals surface area (Å²) in [6.45, 7) is 0.376. The second-order valence-electron chi connectivity index (χ2n) is 5.38. The summed E-state index contributed by atoms with van der Waals surface area (Å²) >= 11 is 3.31. The molecule has 4 heteroatoms. The van der Waals surface area contributed by atoms with Crippen LogP contribution in [0.1, 0.15) is 37.7 Å². The van der Waals surface area contributed by atoms with Gasteiger partial charge >= 0.3 is 0 Å². The fourth-order valence-electron chi connectivity index (χ4n) is 2.86. The van der Waals surface area contributed by atoms with Crippen LogP contribution in [0.2, 0.25) is 0 Å². The zero-order chi connectivity index (χ0) is 13.9. The maximum atomic E-state index is 13.7. The lowest BCUT2D eigenvalue weighted by atomic mass is 9.70. The Labute approximate surface area is 121 Å². The summed E-state index contributed by atoms with van der Waals surface area (Å²) < 4.78 is 14.5. The van der Waals surface area contributed by atoms with Gasteiger partial charge < -0.3 is 5.73 Å². The standard InChI is InChI=1S/C15H19BrFNO/c16-12-4-5-13(17)11(8-12)9-14(19)15(10-18)6-2-1-3-7-15/h4-5,8H,1-3,6-7,9-10,18H2. The molecule has 0 saturated heterocycles. The molecule has 0 unspecified atom stereocenters. The van der Waals surface area contributed by atoms with E-state index in [0.29, 0.717) is 12.1 Å². The van der Waals surface area contributed by atoms with E-state index in [1.165, 1.54) is 12.5 Å². The Morgan fingerprint density at radius 1 is 1.32 bits per heavy atom. The summed E-state index contributed by atoms with van der Waals surface area (Å²) in [5.41, 5.74) is 5.87. The molecule has 1 fully saturated rings. The molecule has 0 amide bonds. The first kappa shape index (κ1) is 14.7. The highest BCUT2D eigenvalue weighted by Gasteiger charge is 2.37. The predicted octanol–water partition coefficient (Wildman–Crippen LogP) is 3.61. The van der Waals surface area contributed by atoms with Crippen LogP contribution in [0.3, 0.4) is 0 Å². The van der Waals surface area contributed by atoms with E-state index in [-0.39, 0.29) is 18.0 Å². The predicted molar refractivity (Wildman–Crippen MR) is 77.4 cm³/mol. The minimum absolute atomic E-state index is 0.0895. The number of benzene rings is 1. The second kappa shape index (κ2) is 6.14. The molecule has 0 heterocycles. The van der Waals surface area contributed by atoms with Crippen LogP contribution in [-0.2, 0) is 11.2 Å². The lowest BCUT2D eigenvalue weighted by Gasteiger charge is -2.34. The fraction of sp³-hybridized carbons (Fsp3) is 0.533.